The fraction of sp³-hybridized carbons (Fsp3) is 0.417. The largest absolute Gasteiger partial charge is 0.380 e. The van der Waals surface area contributed by atoms with Crippen LogP contribution in [-0.4, -0.2) is 32.2 Å². The average Bonchev–Trinajstić information content (AvgIpc) is 2.36. The van der Waals surface area contributed by atoms with Gasteiger partial charge >= 0.3 is 0 Å². The van der Waals surface area contributed by atoms with E-state index in [4.69, 9.17) is 10.5 Å². The number of nitrogens with one attached hydrogen (secondary N) is 1. The summed E-state index contributed by atoms with van der Waals surface area (Å²) in [7, 11) is 0. The first-order valence-corrected chi connectivity index (χ1v) is 5.67. The number of hydrogen-bond donors (Lipinski definition) is 2. The molecular weight excluding hydrogens is 242 g/mol. The first-order valence-electron chi connectivity index (χ1n) is 5.67. The number of benzene rings is 1. The Bertz CT molecular complexity index is 400. The standard InChI is InChI=1S/C12H16F2N2O2/c13-10-4-1-3-9(11(10)14)12(17)16-6-2-7-18-8-5-15/h1,3-4H,2,5-8,15H2,(H,16,17). The van der Waals surface area contributed by atoms with Crippen molar-refractivity contribution in [1.29, 1.82) is 0 Å². The molecule has 4 nitrogen and oxygen atoms in total. The Morgan fingerprint density at radius 1 is 1.33 bits per heavy atom. The lowest BCUT2D eigenvalue weighted by molar-refractivity contribution is 0.0938. The smallest absolute Gasteiger partial charge is 0.254 e. The zero-order chi connectivity index (χ0) is 13.4. The molecule has 0 aromatic heterocycles. The molecule has 0 heterocycles. The second kappa shape index (κ2) is 7.73. The second-order valence-corrected chi connectivity index (χ2v) is 3.61. The van der Waals surface area contributed by atoms with Crippen LogP contribution in [0.1, 0.15) is 16.8 Å². The zero-order valence-electron chi connectivity index (χ0n) is 9.92. The summed E-state index contributed by atoms with van der Waals surface area (Å²) in [6.07, 6.45) is 0.586. The first-order chi connectivity index (χ1) is 8.66. The normalized spacial score (nSPS) is 10.4. The SMILES string of the molecule is NCCOCCCNC(=O)c1cccc(F)c1F. The van der Waals surface area contributed by atoms with Crippen LogP contribution in [0.5, 0.6) is 0 Å². The number of carbonyl (C=O) groups excluding carboxylic acids is 1. The molecule has 0 aliphatic carbocycles. The molecule has 100 valence electrons. The van der Waals surface area contributed by atoms with E-state index in [9.17, 15) is 13.6 Å². The van der Waals surface area contributed by atoms with Crippen molar-refractivity contribution in [3.05, 3.63) is 35.4 Å². The van der Waals surface area contributed by atoms with Crippen LogP contribution < -0.4 is 11.1 Å². The van der Waals surface area contributed by atoms with Crippen LogP contribution in [0.4, 0.5) is 8.78 Å². The number of ether oxygens (including phenoxy) is 1. The predicted molar refractivity (Wildman–Crippen MR) is 63.2 cm³/mol. The summed E-state index contributed by atoms with van der Waals surface area (Å²) < 4.78 is 31.2. The average molecular weight is 258 g/mol. The molecule has 0 radical (unpaired) electrons. The molecule has 18 heavy (non-hydrogen) atoms. The quantitative estimate of drug-likeness (QED) is 0.719. The van der Waals surface area contributed by atoms with Gasteiger partial charge in [0.2, 0.25) is 0 Å². The lowest BCUT2D eigenvalue weighted by Gasteiger charge is -2.06. The van der Waals surface area contributed by atoms with E-state index in [0.717, 1.165) is 6.07 Å². The van der Waals surface area contributed by atoms with Crippen LogP contribution in [-0.2, 0) is 4.74 Å². The number of carbonyl (C=O) groups is 1. The van der Waals surface area contributed by atoms with Gasteiger partial charge in [-0.25, -0.2) is 8.78 Å². The van der Waals surface area contributed by atoms with Gasteiger partial charge in [0.25, 0.3) is 5.91 Å². The van der Waals surface area contributed by atoms with Crippen LogP contribution in [0.15, 0.2) is 18.2 Å². The van der Waals surface area contributed by atoms with Gasteiger partial charge in [-0.05, 0) is 18.6 Å². The Balaban J connectivity index is 2.35. The lowest BCUT2D eigenvalue weighted by atomic mass is 10.2. The zero-order valence-corrected chi connectivity index (χ0v) is 9.92. The Hall–Kier alpha value is -1.53. The van der Waals surface area contributed by atoms with Crippen LogP contribution in [0.3, 0.4) is 0 Å². The molecule has 3 N–H and O–H groups in total. The van der Waals surface area contributed by atoms with Crippen LogP contribution >= 0.6 is 0 Å². The highest BCUT2D eigenvalue weighted by Crippen LogP contribution is 2.10. The Morgan fingerprint density at radius 2 is 2.11 bits per heavy atom. The highest BCUT2D eigenvalue weighted by Gasteiger charge is 2.14. The van der Waals surface area contributed by atoms with Gasteiger partial charge in [0.1, 0.15) is 0 Å². The third kappa shape index (κ3) is 4.38. The van der Waals surface area contributed by atoms with Crippen molar-refractivity contribution in [2.75, 3.05) is 26.3 Å². The molecule has 0 spiro atoms. The minimum Gasteiger partial charge on any atom is -0.380 e. The fourth-order valence-electron chi connectivity index (χ4n) is 1.34. The van der Waals surface area contributed by atoms with Gasteiger partial charge in [0.15, 0.2) is 11.6 Å². The summed E-state index contributed by atoms with van der Waals surface area (Å²) in [6.45, 7) is 1.70. The van der Waals surface area contributed by atoms with Crippen LogP contribution in [0.25, 0.3) is 0 Å². The second-order valence-electron chi connectivity index (χ2n) is 3.61. The summed E-state index contributed by atoms with van der Waals surface area (Å²) in [4.78, 5) is 11.5. The molecule has 0 saturated carbocycles. The summed E-state index contributed by atoms with van der Waals surface area (Å²) in [5.74, 6) is -2.80. The molecule has 6 heteroatoms. The summed E-state index contributed by atoms with van der Waals surface area (Å²) >= 11 is 0. The van der Waals surface area contributed by atoms with Crippen molar-refractivity contribution in [2.24, 2.45) is 5.73 Å². The molecule has 1 aromatic rings. The first kappa shape index (κ1) is 14.5. The van der Waals surface area contributed by atoms with Crippen molar-refractivity contribution < 1.29 is 18.3 Å². The van der Waals surface area contributed by atoms with Crippen molar-refractivity contribution >= 4 is 5.91 Å². The van der Waals surface area contributed by atoms with Gasteiger partial charge in [-0.3, -0.25) is 4.79 Å². The Kier molecular flexibility index (Phi) is 6.24. The summed E-state index contributed by atoms with van der Waals surface area (Å²) in [5.41, 5.74) is 4.93. The predicted octanol–water partition coefficient (Wildman–Crippen LogP) is 1.06. The maximum Gasteiger partial charge on any atom is 0.254 e. The topological polar surface area (TPSA) is 64.3 Å². The van der Waals surface area contributed by atoms with Gasteiger partial charge < -0.3 is 15.8 Å². The van der Waals surface area contributed by atoms with Crippen molar-refractivity contribution in [3.63, 3.8) is 0 Å². The van der Waals surface area contributed by atoms with E-state index in [1.165, 1.54) is 12.1 Å². The van der Waals surface area contributed by atoms with E-state index in [1.54, 1.807) is 0 Å². The molecule has 0 fully saturated rings. The van der Waals surface area contributed by atoms with Gasteiger partial charge in [-0.1, -0.05) is 6.07 Å². The number of amides is 1. The minimum atomic E-state index is -1.13. The highest BCUT2D eigenvalue weighted by molar-refractivity contribution is 5.94. The van der Waals surface area contributed by atoms with Gasteiger partial charge in [-0.15, -0.1) is 0 Å². The van der Waals surface area contributed by atoms with Crippen molar-refractivity contribution in [2.45, 2.75) is 6.42 Å². The van der Waals surface area contributed by atoms with E-state index in [0.29, 0.717) is 32.7 Å². The molecule has 0 aliphatic rings. The number of nitrogens with two attached hydrogens (primary N) is 1. The van der Waals surface area contributed by atoms with Gasteiger partial charge in [0.05, 0.1) is 12.2 Å². The molecule has 1 rings (SSSR count). The monoisotopic (exact) mass is 258 g/mol. The molecule has 1 aromatic carbocycles. The summed E-state index contributed by atoms with van der Waals surface area (Å²) in [6, 6.07) is 3.49. The number of hydrogen-bond acceptors (Lipinski definition) is 3. The van der Waals surface area contributed by atoms with Crippen molar-refractivity contribution in [3.8, 4) is 0 Å². The van der Waals surface area contributed by atoms with Gasteiger partial charge in [0, 0.05) is 19.7 Å². The van der Waals surface area contributed by atoms with Crippen LogP contribution in [0.2, 0.25) is 0 Å². The van der Waals surface area contributed by atoms with E-state index < -0.39 is 17.5 Å². The maximum atomic E-state index is 13.3. The van der Waals surface area contributed by atoms with E-state index in [-0.39, 0.29) is 5.56 Å². The van der Waals surface area contributed by atoms with E-state index in [1.807, 2.05) is 0 Å². The summed E-state index contributed by atoms with van der Waals surface area (Å²) in [5, 5.41) is 2.49. The van der Waals surface area contributed by atoms with E-state index in [2.05, 4.69) is 5.32 Å². The number of halogens is 2. The molecule has 0 unspecified atom stereocenters. The molecule has 0 bridgehead atoms. The lowest BCUT2D eigenvalue weighted by Crippen LogP contribution is -2.26. The number of rotatable bonds is 7. The molecule has 1 amide bonds. The highest BCUT2D eigenvalue weighted by atomic mass is 19.2. The van der Waals surface area contributed by atoms with E-state index >= 15 is 0 Å². The third-order valence-corrected chi connectivity index (χ3v) is 2.21. The van der Waals surface area contributed by atoms with Crippen LogP contribution in [0, 0.1) is 11.6 Å². The molecular formula is C12H16F2N2O2. The van der Waals surface area contributed by atoms with Gasteiger partial charge in [-0.2, -0.15) is 0 Å². The fourth-order valence-corrected chi connectivity index (χ4v) is 1.34. The maximum absolute atomic E-state index is 13.3. The molecule has 0 aliphatic heterocycles. The Labute approximate surface area is 104 Å². The minimum absolute atomic E-state index is 0.294. The molecule has 0 saturated heterocycles. The van der Waals surface area contributed by atoms with Crippen molar-refractivity contribution in [1.82, 2.24) is 5.32 Å². The Morgan fingerprint density at radius 3 is 2.83 bits per heavy atom. The molecule has 0 atom stereocenters. The third-order valence-electron chi connectivity index (χ3n) is 2.21.